The number of allylic oxidation sites excluding steroid dienone is 1. The van der Waals surface area contributed by atoms with Crippen molar-refractivity contribution in [2.75, 3.05) is 37.4 Å². The van der Waals surface area contributed by atoms with Gasteiger partial charge in [0, 0.05) is 61.0 Å². The molecule has 264 valence electrons. The average Bonchev–Trinajstić information content (AvgIpc) is 3.11. The monoisotopic (exact) mass is 727 g/mol. The van der Waals surface area contributed by atoms with Crippen molar-refractivity contribution in [3.63, 3.8) is 0 Å². The van der Waals surface area contributed by atoms with Crippen LogP contribution in [-0.2, 0) is 16.6 Å². The third kappa shape index (κ3) is 8.14. The molecule has 0 saturated carbocycles. The fourth-order valence-electron chi connectivity index (χ4n) is 5.97. The molecule has 1 aliphatic rings. The van der Waals surface area contributed by atoms with Crippen LogP contribution in [0.15, 0.2) is 77.4 Å². The van der Waals surface area contributed by atoms with Crippen LogP contribution in [0.3, 0.4) is 0 Å². The second kappa shape index (κ2) is 16.3. The third-order valence-electron chi connectivity index (χ3n) is 8.92. The molecule has 4 aromatic rings. The van der Waals surface area contributed by atoms with Gasteiger partial charge in [-0.1, -0.05) is 66.0 Å². The summed E-state index contributed by atoms with van der Waals surface area (Å²) in [6.07, 6.45) is 8.70. The van der Waals surface area contributed by atoms with E-state index < -0.39 is 11.5 Å². The maximum atomic E-state index is 13.2. The Morgan fingerprint density at radius 3 is 2.35 bits per heavy atom. The van der Waals surface area contributed by atoms with E-state index in [0.717, 1.165) is 28.0 Å². The first-order chi connectivity index (χ1) is 24.5. The van der Waals surface area contributed by atoms with Crippen LogP contribution in [0.2, 0.25) is 10.0 Å². The summed E-state index contributed by atoms with van der Waals surface area (Å²) in [5, 5.41) is 8.73. The highest BCUT2D eigenvalue weighted by Crippen LogP contribution is 2.40. The molecule has 1 fully saturated rings. The normalized spacial score (nSPS) is 14.5. The molecule has 12 heteroatoms. The number of methoxy groups -OCH3 is 1. The SMILES string of the molecule is C\C=C(/C=c1/ccnc(Nc2cccc(-c3cccc(NC(=O)c4cc(C=O)cn(C)c4=O)c3Cl)c2Cl)/c1=C(/C)CC)CN1CC(C(=O)OC)C1. The number of hydrogen-bond donors (Lipinski definition) is 2. The molecule has 0 unspecified atom stereocenters. The number of carbonyl (C=O) groups is 3. The largest absolute Gasteiger partial charge is 0.469 e. The molecule has 0 bridgehead atoms. The Bertz CT molecular complexity index is 2220. The molecule has 0 aliphatic carbocycles. The Morgan fingerprint density at radius 1 is 1.06 bits per heavy atom. The number of anilines is 3. The van der Waals surface area contributed by atoms with Crippen molar-refractivity contribution in [1.29, 1.82) is 0 Å². The van der Waals surface area contributed by atoms with Crippen LogP contribution in [-0.4, -0.2) is 59.4 Å². The zero-order valence-corrected chi connectivity index (χ0v) is 30.6. The second-order valence-electron chi connectivity index (χ2n) is 12.3. The predicted octanol–water partition coefficient (Wildman–Crippen LogP) is 5.97. The van der Waals surface area contributed by atoms with Crippen molar-refractivity contribution in [3.05, 3.63) is 115 Å². The Balaban J connectivity index is 1.46. The molecule has 0 atom stereocenters. The number of aldehydes is 1. The maximum absolute atomic E-state index is 13.2. The number of pyridine rings is 2. The van der Waals surface area contributed by atoms with Gasteiger partial charge >= 0.3 is 5.97 Å². The zero-order chi connectivity index (χ0) is 36.8. The Morgan fingerprint density at radius 2 is 1.73 bits per heavy atom. The average molecular weight is 729 g/mol. The van der Waals surface area contributed by atoms with Gasteiger partial charge in [0.15, 0.2) is 6.29 Å². The van der Waals surface area contributed by atoms with Gasteiger partial charge in [-0.15, -0.1) is 0 Å². The molecule has 2 aromatic heterocycles. The number of carbonyl (C=O) groups excluding carboxylic acids is 3. The number of likely N-dealkylation sites (tertiary alicyclic amines) is 1. The summed E-state index contributed by atoms with van der Waals surface area (Å²) in [6, 6.07) is 13.9. The van der Waals surface area contributed by atoms with Gasteiger partial charge in [-0.05, 0) is 61.4 Å². The van der Waals surface area contributed by atoms with Crippen LogP contribution in [0, 0.1) is 5.92 Å². The lowest BCUT2D eigenvalue weighted by atomic mass is 9.99. The molecule has 1 saturated heterocycles. The lowest BCUT2D eigenvalue weighted by Crippen LogP contribution is -2.51. The molecular weight excluding hydrogens is 689 g/mol. The van der Waals surface area contributed by atoms with Crippen LogP contribution >= 0.6 is 23.2 Å². The number of nitrogens with one attached hydrogen (secondary N) is 2. The van der Waals surface area contributed by atoms with Gasteiger partial charge < -0.3 is 19.9 Å². The number of halogens is 2. The van der Waals surface area contributed by atoms with E-state index in [0.29, 0.717) is 53.6 Å². The van der Waals surface area contributed by atoms with Crippen LogP contribution in [0.1, 0.15) is 47.9 Å². The number of aryl methyl sites for hydroxylation is 1. The quantitative estimate of drug-likeness (QED) is 0.143. The fourth-order valence-corrected chi connectivity index (χ4v) is 6.52. The van der Waals surface area contributed by atoms with Gasteiger partial charge in [-0.3, -0.25) is 24.1 Å². The first-order valence-electron chi connectivity index (χ1n) is 16.4. The minimum atomic E-state index is -0.700. The van der Waals surface area contributed by atoms with Gasteiger partial charge in [0.05, 0.1) is 34.4 Å². The number of hydrogen-bond acceptors (Lipinski definition) is 8. The highest BCUT2D eigenvalue weighted by atomic mass is 35.5. The fraction of sp³-hybridized carbons (Fsp3) is 0.256. The van der Waals surface area contributed by atoms with Crippen LogP contribution in [0.5, 0.6) is 0 Å². The summed E-state index contributed by atoms with van der Waals surface area (Å²) < 4.78 is 6.06. The molecule has 2 N–H and O–H groups in total. The van der Waals surface area contributed by atoms with Crippen molar-refractivity contribution >= 4 is 70.2 Å². The highest BCUT2D eigenvalue weighted by Gasteiger charge is 2.33. The van der Waals surface area contributed by atoms with Crippen LogP contribution in [0.25, 0.3) is 22.8 Å². The lowest BCUT2D eigenvalue weighted by Gasteiger charge is -2.37. The second-order valence-corrected chi connectivity index (χ2v) is 13.1. The van der Waals surface area contributed by atoms with Crippen molar-refractivity contribution in [1.82, 2.24) is 14.5 Å². The standard InChI is InChI=1S/C39H39Cl2N5O5/c1-6-23(3)33-26(16-24(7-2)19-46-20-27(21-46)39(50)51-5)14-15-42-36(33)43-31-12-8-10-28(34(31)40)29-11-9-13-32(35(29)41)44-37(48)30-17-25(22-47)18-45(4)38(30)49/h7-18,22,27H,6,19-21H2,1-5H3,(H,42,43)(H,44,48)/b24-7+,26-16-,33-23-. The number of aromatic nitrogens is 2. The summed E-state index contributed by atoms with van der Waals surface area (Å²) >= 11 is 13.9. The smallest absolute Gasteiger partial charge is 0.311 e. The number of benzene rings is 2. The van der Waals surface area contributed by atoms with Gasteiger partial charge in [0.25, 0.3) is 11.5 Å². The first-order valence-corrected chi connectivity index (χ1v) is 17.2. The van der Waals surface area contributed by atoms with Crippen LogP contribution < -0.4 is 26.6 Å². The molecule has 1 aliphatic heterocycles. The minimum Gasteiger partial charge on any atom is -0.469 e. The van der Waals surface area contributed by atoms with E-state index in [-0.39, 0.29) is 33.7 Å². The van der Waals surface area contributed by atoms with Crippen LogP contribution in [0.4, 0.5) is 17.2 Å². The van der Waals surface area contributed by atoms with Gasteiger partial charge in [-0.2, -0.15) is 0 Å². The van der Waals surface area contributed by atoms with E-state index in [2.05, 4.69) is 41.5 Å². The molecule has 3 heterocycles. The Hall–Kier alpha value is -5.03. The van der Waals surface area contributed by atoms with E-state index in [1.807, 2.05) is 31.2 Å². The topological polar surface area (TPSA) is 123 Å². The van der Waals surface area contributed by atoms with Gasteiger partial charge in [0.1, 0.15) is 11.4 Å². The summed E-state index contributed by atoms with van der Waals surface area (Å²) in [7, 11) is 2.89. The minimum absolute atomic E-state index is 0.0877. The van der Waals surface area contributed by atoms with Gasteiger partial charge in [0.2, 0.25) is 0 Å². The molecule has 10 nitrogen and oxygen atoms in total. The summed E-state index contributed by atoms with van der Waals surface area (Å²) in [6.45, 7) is 8.21. The molecular formula is C39H39Cl2N5O5. The molecule has 0 radical (unpaired) electrons. The van der Waals surface area contributed by atoms with E-state index in [1.165, 1.54) is 31.0 Å². The van der Waals surface area contributed by atoms with E-state index in [1.54, 1.807) is 24.4 Å². The zero-order valence-electron chi connectivity index (χ0n) is 29.1. The molecule has 2 aromatic carbocycles. The number of esters is 1. The van der Waals surface area contributed by atoms with Crippen molar-refractivity contribution in [2.45, 2.75) is 27.2 Å². The molecule has 51 heavy (non-hydrogen) atoms. The van der Waals surface area contributed by atoms with Crippen molar-refractivity contribution in [3.8, 4) is 11.1 Å². The number of nitrogens with zero attached hydrogens (tertiary/aromatic N) is 3. The Labute approximate surface area is 306 Å². The highest BCUT2D eigenvalue weighted by molar-refractivity contribution is 6.39. The van der Waals surface area contributed by atoms with Gasteiger partial charge in [-0.25, -0.2) is 4.98 Å². The third-order valence-corrected chi connectivity index (χ3v) is 9.74. The number of rotatable bonds is 11. The van der Waals surface area contributed by atoms with E-state index >= 15 is 0 Å². The maximum Gasteiger partial charge on any atom is 0.311 e. The van der Waals surface area contributed by atoms with Crippen molar-refractivity contribution < 1.29 is 19.1 Å². The first kappa shape index (κ1) is 37.2. The summed E-state index contributed by atoms with van der Waals surface area (Å²) in [4.78, 5) is 55.9. The van der Waals surface area contributed by atoms with Crippen molar-refractivity contribution in [2.24, 2.45) is 13.0 Å². The Kier molecular flexibility index (Phi) is 11.9. The predicted molar refractivity (Wildman–Crippen MR) is 203 cm³/mol. The number of ether oxygens (including phenoxy) is 1. The number of amides is 1. The summed E-state index contributed by atoms with van der Waals surface area (Å²) in [5.41, 5.74) is 3.73. The molecule has 1 amide bonds. The molecule has 0 spiro atoms. The van der Waals surface area contributed by atoms with E-state index in [4.69, 9.17) is 32.9 Å². The lowest BCUT2D eigenvalue weighted by molar-refractivity contribution is -0.151. The summed E-state index contributed by atoms with van der Waals surface area (Å²) in [5.74, 6) is -0.323. The van der Waals surface area contributed by atoms with E-state index in [9.17, 15) is 19.2 Å². The molecule has 5 rings (SSSR count).